The van der Waals surface area contributed by atoms with Gasteiger partial charge in [0.2, 0.25) is 5.13 Å². The van der Waals surface area contributed by atoms with Gasteiger partial charge in [0.15, 0.2) is 5.01 Å². The minimum atomic E-state index is -2.82. The summed E-state index contributed by atoms with van der Waals surface area (Å²) in [5.41, 5.74) is 6.45. The first-order chi connectivity index (χ1) is 17.4. The largest absolute Gasteiger partial charge is 0.494 e. The number of hydrogen-bond donors (Lipinski definition) is 2. The van der Waals surface area contributed by atoms with Crippen molar-refractivity contribution in [3.05, 3.63) is 58.8 Å². The van der Waals surface area contributed by atoms with Gasteiger partial charge in [-0.25, -0.2) is 8.78 Å². The van der Waals surface area contributed by atoms with Crippen LogP contribution in [0.4, 0.5) is 13.9 Å². The van der Waals surface area contributed by atoms with E-state index in [1.165, 1.54) is 37.8 Å². The third kappa shape index (κ3) is 5.69. The van der Waals surface area contributed by atoms with Gasteiger partial charge in [-0.05, 0) is 43.2 Å². The molecule has 1 amide bonds. The number of nitrogens with zero attached hydrogens (tertiary/aromatic N) is 5. The molecule has 0 unspecified atom stereocenters. The molecule has 1 aliphatic carbocycles. The molecular formula is C24H21F2N7O2S. The summed E-state index contributed by atoms with van der Waals surface area (Å²) in [5.74, 6) is 6.08. The Morgan fingerprint density at radius 1 is 1.28 bits per heavy atom. The van der Waals surface area contributed by atoms with Crippen molar-refractivity contribution in [2.45, 2.75) is 19.3 Å². The number of halogens is 2. The van der Waals surface area contributed by atoms with Gasteiger partial charge in [-0.3, -0.25) is 25.1 Å². The molecule has 0 radical (unpaired) electrons. The predicted molar refractivity (Wildman–Crippen MR) is 132 cm³/mol. The molecule has 1 fully saturated rings. The van der Waals surface area contributed by atoms with Crippen molar-refractivity contribution in [3.63, 3.8) is 0 Å². The summed E-state index contributed by atoms with van der Waals surface area (Å²) in [6, 6.07) is 2.73. The molecule has 12 heteroatoms. The number of allylic oxidation sites excluding steroid dienone is 1. The van der Waals surface area contributed by atoms with Crippen LogP contribution >= 0.6 is 11.3 Å². The van der Waals surface area contributed by atoms with Crippen LogP contribution in [0.15, 0.2) is 41.8 Å². The zero-order chi connectivity index (χ0) is 25.7. The number of carbonyl (C=O) groups is 1. The van der Waals surface area contributed by atoms with E-state index in [-0.39, 0.29) is 27.6 Å². The first-order valence-corrected chi connectivity index (χ1v) is 11.6. The number of pyridine rings is 2. The summed E-state index contributed by atoms with van der Waals surface area (Å²) in [5, 5.41) is 11.4. The standard InChI is InChI=1S/C24H21F2N7O2S/c1-28-17(7-8-27)18-9-14(15-10-19(22(25)26)30-12-20(15)35-2)16(11-29-18)23(34)31-24-33-32-21(36-24)6-5-13-3-4-13/h7-13,22H,3-4,27H2,1-2H3,(H,31,33,34)/b8-7-,28-17?. The highest BCUT2D eigenvalue weighted by Gasteiger charge is 2.22. The molecule has 0 aromatic carbocycles. The summed E-state index contributed by atoms with van der Waals surface area (Å²) in [6.07, 6.45) is 4.68. The maximum absolute atomic E-state index is 13.5. The van der Waals surface area contributed by atoms with Gasteiger partial charge in [0.05, 0.1) is 30.3 Å². The third-order valence-corrected chi connectivity index (χ3v) is 5.89. The summed E-state index contributed by atoms with van der Waals surface area (Å²) < 4.78 is 32.3. The van der Waals surface area contributed by atoms with Gasteiger partial charge in [-0.15, -0.1) is 10.2 Å². The molecule has 184 valence electrons. The molecule has 3 N–H and O–H groups in total. The van der Waals surface area contributed by atoms with Crippen LogP contribution in [0.25, 0.3) is 11.1 Å². The fourth-order valence-electron chi connectivity index (χ4n) is 3.20. The maximum Gasteiger partial charge on any atom is 0.280 e. The van der Waals surface area contributed by atoms with Gasteiger partial charge < -0.3 is 10.5 Å². The highest BCUT2D eigenvalue weighted by atomic mass is 32.1. The van der Waals surface area contributed by atoms with E-state index in [2.05, 4.69) is 42.3 Å². The van der Waals surface area contributed by atoms with Crippen LogP contribution in [0.3, 0.4) is 0 Å². The first-order valence-electron chi connectivity index (χ1n) is 10.8. The van der Waals surface area contributed by atoms with E-state index in [9.17, 15) is 13.6 Å². The second-order valence-corrected chi connectivity index (χ2v) is 8.58. The number of anilines is 1. The van der Waals surface area contributed by atoms with Crippen molar-refractivity contribution in [2.75, 3.05) is 19.5 Å². The fourth-order valence-corrected chi connectivity index (χ4v) is 3.80. The zero-order valence-corrected chi connectivity index (χ0v) is 20.1. The minimum Gasteiger partial charge on any atom is -0.494 e. The first kappa shape index (κ1) is 24.9. The normalized spacial score (nSPS) is 13.5. The average molecular weight is 510 g/mol. The molecule has 0 saturated heterocycles. The van der Waals surface area contributed by atoms with Crippen molar-refractivity contribution >= 4 is 28.1 Å². The Bertz CT molecular complexity index is 1400. The lowest BCUT2D eigenvalue weighted by molar-refractivity contribution is 0.102. The molecule has 0 atom stereocenters. The lowest BCUT2D eigenvalue weighted by Crippen LogP contribution is -2.15. The Morgan fingerprint density at radius 2 is 2.08 bits per heavy atom. The van der Waals surface area contributed by atoms with Crippen LogP contribution in [0.1, 0.15) is 46.0 Å². The number of methoxy groups -OCH3 is 1. The van der Waals surface area contributed by atoms with Gasteiger partial charge in [0.25, 0.3) is 12.3 Å². The predicted octanol–water partition coefficient (Wildman–Crippen LogP) is 3.85. The van der Waals surface area contributed by atoms with Gasteiger partial charge in [0, 0.05) is 30.3 Å². The molecule has 1 saturated carbocycles. The Balaban J connectivity index is 1.76. The van der Waals surface area contributed by atoms with E-state index in [1.807, 2.05) is 0 Å². The van der Waals surface area contributed by atoms with Crippen LogP contribution in [0, 0.1) is 17.8 Å². The van der Waals surface area contributed by atoms with Crippen LogP contribution in [-0.4, -0.2) is 45.9 Å². The van der Waals surface area contributed by atoms with E-state index >= 15 is 0 Å². The molecule has 3 heterocycles. The number of aliphatic imine (C=N–C) groups is 1. The summed E-state index contributed by atoms with van der Waals surface area (Å²) in [7, 11) is 2.93. The molecule has 9 nitrogen and oxygen atoms in total. The molecule has 1 aliphatic rings. The van der Waals surface area contributed by atoms with Gasteiger partial charge >= 0.3 is 0 Å². The Hall–Kier alpha value is -4.24. The van der Waals surface area contributed by atoms with E-state index in [4.69, 9.17) is 10.5 Å². The number of ether oxygens (including phenoxy) is 1. The van der Waals surface area contributed by atoms with Crippen molar-refractivity contribution in [2.24, 2.45) is 16.6 Å². The highest BCUT2D eigenvalue weighted by Crippen LogP contribution is 2.35. The Kier molecular flexibility index (Phi) is 7.60. The Labute approximate surface area is 209 Å². The summed E-state index contributed by atoms with van der Waals surface area (Å²) in [6.45, 7) is 0. The molecule has 36 heavy (non-hydrogen) atoms. The van der Waals surface area contributed by atoms with Crippen molar-refractivity contribution in [3.8, 4) is 28.7 Å². The average Bonchev–Trinajstić information content (AvgIpc) is 3.62. The number of aromatic nitrogens is 4. The number of rotatable bonds is 7. The lowest BCUT2D eigenvalue weighted by Gasteiger charge is -2.15. The number of nitrogens with one attached hydrogen (secondary N) is 1. The fraction of sp³-hybridized carbons (Fsp3) is 0.250. The number of hydrogen-bond acceptors (Lipinski definition) is 9. The molecule has 3 aromatic heterocycles. The monoisotopic (exact) mass is 509 g/mol. The van der Waals surface area contributed by atoms with Gasteiger partial charge in [0.1, 0.15) is 11.4 Å². The Morgan fingerprint density at radius 3 is 2.75 bits per heavy atom. The van der Waals surface area contributed by atoms with Crippen LogP contribution < -0.4 is 15.8 Å². The van der Waals surface area contributed by atoms with Crippen LogP contribution in [-0.2, 0) is 0 Å². The highest BCUT2D eigenvalue weighted by molar-refractivity contribution is 7.15. The van der Waals surface area contributed by atoms with Crippen molar-refractivity contribution in [1.29, 1.82) is 0 Å². The van der Waals surface area contributed by atoms with E-state index in [0.29, 0.717) is 22.3 Å². The van der Waals surface area contributed by atoms with E-state index in [1.54, 1.807) is 13.1 Å². The zero-order valence-electron chi connectivity index (χ0n) is 19.3. The number of alkyl halides is 2. The molecule has 0 aliphatic heterocycles. The second-order valence-electron chi connectivity index (χ2n) is 7.60. The third-order valence-electron chi connectivity index (χ3n) is 5.13. The van der Waals surface area contributed by atoms with E-state index < -0.39 is 18.0 Å². The SMILES string of the molecule is CN=C(/C=C\N)c1cc(-c2cc(C(F)F)ncc2OC)c(C(=O)Nc2nnc(C#CC3CC3)s2)cn1. The molecule has 3 aromatic rings. The number of amides is 1. The quantitative estimate of drug-likeness (QED) is 0.366. The number of nitrogens with two attached hydrogens (primary N) is 1. The molecule has 0 spiro atoms. The molecule has 0 bridgehead atoms. The van der Waals surface area contributed by atoms with Gasteiger partial charge in [-0.2, -0.15) is 0 Å². The van der Waals surface area contributed by atoms with E-state index in [0.717, 1.165) is 24.2 Å². The van der Waals surface area contributed by atoms with Crippen LogP contribution in [0.5, 0.6) is 5.75 Å². The smallest absolute Gasteiger partial charge is 0.280 e. The van der Waals surface area contributed by atoms with Crippen molar-refractivity contribution < 1.29 is 18.3 Å². The summed E-state index contributed by atoms with van der Waals surface area (Å²) in [4.78, 5) is 25.5. The van der Waals surface area contributed by atoms with Gasteiger partial charge in [-0.1, -0.05) is 17.3 Å². The maximum atomic E-state index is 13.5. The van der Waals surface area contributed by atoms with Crippen LogP contribution in [0.2, 0.25) is 0 Å². The minimum absolute atomic E-state index is 0.0939. The topological polar surface area (TPSA) is 128 Å². The lowest BCUT2D eigenvalue weighted by atomic mass is 9.98. The number of carbonyl (C=O) groups excluding carboxylic acids is 1. The van der Waals surface area contributed by atoms with Crippen molar-refractivity contribution in [1.82, 2.24) is 20.2 Å². The summed E-state index contributed by atoms with van der Waals surface area (Å²) >= 11 is 1.14. The molecule has 4 rings (SSSR count). The second kappa shape index (κ2) is 11.0. The molecular weight excluding hydrogens is 488 g/mol.